The summed E-state index contributed by atoms with van der Waals surface area (Å²) in [7, 11) is 1.58. The fourth-order valence-corrected chi connectivity index (χ4v) is 5.16. The van der Waals surface area contributed by atoms with Gasteiger partial charge in [0.05, 0.1) is 18.5 Å². The maximum absolute atomic E-state index is 13.9. The van der Waals surface area contributed by atoms with E-state index in [1.807, 2.05) is 66.9 Å². The summed E-state index contributed by atoms with van der Waals surface area (Å²) in [6.07, 6.45) is 0. The second-order valence-corrected chi connectivity index (χ2v) is 9.79. The van der Waals surface area contributed by atoms with E-state index >= 15 is 0 Å². The molecule has 0 unspecified atom stereocenters. The van der Waals surface area contributed by atoms with Crippen molar-refractivity contribution in [1.29, 1.82) is 0 Å². The average Bonchev–Trinajstić information content (AvgIpc) is 3.53. The van der Waals surface area contributed by atoms with Crippen molar-refractivity contribution < 1.29 is 14.3 Å². The van der Waals surface area contributed by atoms with Gasteiger partial charge >= 0.3 is 0 Å². The molecule has 1 N–H and O–H groups in total. The van der Waals surface area contributed by atoms with Gasteiger partial charge in [-0.05, 0) is 49.1 Å². The van der Waals surface area contributed by atoms with Crippen LogP contribution in [0.4, 0.5) is 5.69 Å². The smallest absolute Gasteiger partial charge is 0.277 e. The zero-order valence-corrected chi connectivity index (χ0v) is 20.6. The largest absolute Gasteiger partial charge is 0.497 e. The molecule has 2 amide bonds. The minimum Gasteiger partial charge on any atom is -0.497 e. The van der Waals surface area contributed by atoms with E-state index in [0.29, 0.717) is 23.7 Å². The third-order valence-electron chi connectivity index (χ3n) is 6.26. The molecule has 0 saturated carbocycles. The molecular weight excluding hydrogens is 460 g/mol. The lowest BCUT2D eigenvalue weighted by Gasteiger charge is -2.43. The summed E-state index contributed by atoms with van der Waals surface area (Å²) in [6, 6.07) is 20.9. The highest BCUT2D eigenvalue weighted by Crippen LogP contribution is 2.36. The molecule has 2 aromatic heterocycles. The Morgan fingerprint density at radius 3 is 2.71 bits per heavy atom. The Bertz CT molecular complexity index is 1400. The summed E-state index contributed by atoms with van der Waals surface area (Å²) in [6.45, 7) is 4.38. The zero-order valence-electron chi connectivity index (χ0n) is 19.8. The SMILES string of the molecule is COc1cccc(N2C(=O)c3cc(-c4cccs4)nn3C[C@@]2(C)C(=O)NCc2cccc(C)c2)c1. The maximum Gasteiger partial charge on any atom is 0.277 e. The summed E-state index contributed by atoms with van der Waals surface area (Å²) in [5, 5.41) is 9.71. The number of nitrogens with zero attached hydrogens (tertiary/aromatic N) is 3. The highest BCUT2D eigenvalue weighted by molar-refractivity contribution is 7.13. The number of anilines is 1. The summed E-state index contributed by atoms with van der Waals surface area (Å²) < 4.78 is 7.05. The van der Waals surface area contributed by atoms with Gasteiger partial charge in [-0.3, -0.25) is 19.2 Å². The molecule has 1 aliphatic heterocycles. The van der Waals surface area contributed by atoms with Crippen molar-refractivity contribution in [1.82, 2.24) is 15.1 Å². The van der Waals surface area contributed by atoms with Gasteiger partial charge in [0.2, 0.25) is 5.91 Å². The van der Waals surface area contributed by atoms with Crippen molar-refractivity contribution in [2.24, 2.45) is 0 Å². The lowest BCUT2D eigenvalue weighted by atomic mass is 9.93. The van der Waals surface area contributed by atoms with Crippen LogP contribution in [0.3, 0.4) is 0 Å². The number of ether oxygens (including phenoxy) is 1. The fraction of sp³-hybridized carbons (Fsp3) is 0.222. The van der Waals surface area contributed by atoms with Crippen LogP contribution in [0.5, 0.6) is 5.75 Å². The molecule has 7 nitrogen and oxygen atoms in total. The third kappa shape index (κ3) is 4.21. The number of thiophene rings is 1. The van der Waals surface area contributed by atoms with Gasteiger partial charge in [-0.2, -0.15) is 5.10 Å². The Morgan fingerprint density at radius 1 is 1.14 bits per heavy atom. The van der Waals surface area contributed by atoms with Crippen molar-refractivity contribution in [2.45, 2.75) is 32.5 Å². The summed E-state index contributed by atoms with van der Waals surface area (Å²) in [5.74, 6) is 0.0678. The van der Waals surface area contributed by atoms with Crippen molar-refractivity contribution in [2.75, 3.05) is 12.0 Å². The molecule has 4 aromatic rings. The number of benzene rings is 2. The lowest BCUT2D eigenvalue weighted by molar-refractivity contribution is -0.126. The van der Waals surface area contributed by atoms with Crippen LogP contribution >= 0.6 is 11.3 Å². The zero-order chi connectivity index (χ0) is 24.6. The van der Waals surface area contributed by atoms with Crippen LogP contribution in [0.15, 0.2) is 72.1 Å². The first-order chi connectivity index (χ1) is 16.9. The number of nitrogens with one attached hydrogen (secondary N) is 1. The molecule has 1 atom stereocenters. The van der Waals surface area contributed by atoms with E-state index in [9.17, 15) is 9.59 Å². The minimum absolute atomic E-state index is 0.219. The molecule has 0 spiro atoms. The number of fused-ring (bicyclic) bond motifs is 1. The molecule has 0 radical (unpaired) electrons. The van der Waals surface area contributed by atoms with Crippen molar-refractivity contribution in [3.63, 3.8) is 0 Å². The molecule has 0 fully saturated rings. The summed E-state index contributed by atoms with van der Waals surface area (Å²) >= 11 is 1.56. The topological polar surface area (TPSA) is 76.5 Å². The van der Waals surface area contributed by atoms with E-state index in [1.54, 1.807) is 47.1 Å². The Morgan fingerprint density at radius 2 is 1.97 bits per heavy atom. The van der Waals surface area contributed by atoms with E-state index < -0.39 is 5.54 Å². The second kappa shape index (κ2) is 9.03. The van der Waals surface area contributed by atoms with E-state index in [-0.39, 0.29) is 18.4 Å². The van der Waals surface area contributed by atoms with Crippen LogP contribution in [0.25, 0.3) is 10.6 Å². The van der Waals surface area contributed by atoms with Gasteiger partial charge in [0.15, 0.2) is 0 Å². The predicted molar refractivity (Wildman–Crippen MR) is 137 cm³/mol. The normalized spacial score (nSPS) is 17.2. The molecule has 5 rings (SSSR count). The molecular formula is C27H26N4O3S. The monoisotopic (exact) mass is 486 g/mol. The van der Waals surface area contributed by atoms with Crippen LogP contribution in [0.1, 0.15) is 28.5 Å². The number of amides is 2. The van der Waals surface area contributed by atoms with E-state index in [2.05, 4.69) is 10.4 Å². The second-order valence-electron chi connectivity index (χ2n) is 8.84. The van der Waals surface area contributed by atoms with Crippen molar-refractivity contribution >= 4 is 28.8 Å². The average molecular weight is 487 g/mol. The first kappa shape index (κ1) is 22.9. The Labute approximate surface area is 208 Å². The quantitative estimate of drug-likeness (QED) is 0.430. The number of hydrogen-bond acceptors (Lipinski definition) is 5. The lowest BCUT2D eigenvalue weighted by Crippen LogP contribution is -2.64. The summed E-state index contributed by atoms with van der Waals surface area (Å²) in [4.78, 5) is 30.2. The van der Waals surface area contributed by atoms with Gasteiger partial charge in [0.1, 0.15) is 22.7 Å². The first-order valence-electron chi connectivity index (χ1n) is 11.3. The number of aryl methyl sites for hydroxylation is 1. The minimum atomic E-state index is -1.21. The Kier molecular flexibility index (Phi) is 5.90. The van der Waals surface area contributed by atoms with Crippen LogP contribution in [0.2, 0.25) is 0 Å². The van der Waals surface area contributed by atoms with E-state index in [0.717, 1.165) is 21.7 Å². The molecule has 3 heterocycles. The summed E-state index contributed by atoms with van der Waals surface area (Å²) in [5.41, 5.74) is 2.66. The van der Waals surface area contributed by atoms with Gasteiger partial charge in [0, 0.05) is 18.3 Å². The van der Waals surface area contributed by atoms with Crippen molar-refractivity contribution in [3.05, 3.63) is 88.9 Å². The van der Waals surface area contributed by atoms with Gasteiger partial charge < -0.3 is 10.1 Å². The van der Waals surface area contributed by atoms with E-state index in [1.165, 1.54) is 0 Å². The standard InChI is InChI=1S/C27H26N4O3S/c1-18-7-4-8-19(13-18)16-28-26(33)27(2)17-30-23(15-22(29-30)24-11-6-12-35-24)25(32)31(27)20-9-5-10-21(14-20)34-3/h4-15H,16-17H2,1-3H3,(H,28,33)/t27-/m0/s1. The molecule has 0 saturated heterocycles. The van der Waals surface area contributed by atoms with Gasteiger partial charge in [-0.1, -0.05) is 42.0 Å². The van der Waals surface area contributed by atoms with Gasteiger partial charge in [-0.25, -0.2) is 0 Å². The number of carbonyl (C=O) groups excluding carboxylic acids is 2. The molecule has 1 aliphatic rings. The third-order valence-corrected chi connectivity index (χ3v) is 7.16. The number of aromatic nitrogens is 2. The van der Waals surface area contributed by atoms with Crippen LogP contribution in [-0.4, -0.2) is 34.2 Å². The molecule has 178 valence electrons. The molecule has 0 bridgehead atoms. The number of methoxy groups -OCH3 is 1. The molecule has 8 heteroatoms. The number of hydrogen-bond donors (Lipinski definition) is 1. The predicted octanol–water partition coefficient (Wildman–Crippen LogP) is 4.66. The first-order valence-corrected chi connectivity index (χ1v) is 12.2. The Hall–Kier alpha value is -3.91. The Balaban J connectivity index is 1.54. The molecule has 0 aliphatic carbocycles. The highest BCUT2D eigenvalue weighted by atomic mass is 32.1. The number of rotatable bonds is 6. The molecule has 2 aromatic carbocycles. The van der Waals surface area contributed by atoms with Gasteiger partial charge in [-0.15, -0.1) is 11.3 Å². The van der Waals surface area contributed by atoms with Crippen LogP contribution < -0.4 is 15.0 Å². The molecule has 35 heavy (non-hydrogen) atoms. The van der Waals surface area contributed by atoms with E-state index in [4.69, 9.17) is 4.74 Å². The van der Waals surface area contributed by atoms with Crippen LogP contribution in [-0.2, 0) is 17.9 Å². The van der Waals surface area contributed by atoms with Crippen LogP contribution in [0, 0.1) is 6.92 Å². The van der Waals surface area contributed by atoms with Crippen molar-refractivity contribution in [3.8, 4) is 16.3 Å². The van der Waals surface area contributed by atoms with Gasteiger partial charge in [0.25, 0.3) is 5.91 Å². The maximum atomic E-state index is 13.9. The highest BCUT2D eigenvalue weighted by Gasteiger charge is 2.49. The number of carbonyl (C=O) groups is 2. The fourth-order valence-electron chi connectivity index (χ4n) is 4.48.